The van der Waals surface area contributed by atoms with E-state index in [0.717, 1.165) is 90.7 Å². The Bertz CT molecular complexity index is 1660. The van der Waals surface area contributed by atoms with E-state index >= 15 is 0 Å². The van der Waals surface area contributed by atoms with Crippen LogP contribution in [0.3, 0.4) is 0 Å². The van der Waals surface area contributed by atoms with Crippen LogP contribution in [0.2, 0.25) is 0 Å². The van der Waals surface area contributed by atoms with Gasteiger partial charge in [-0.3, -0.25) is 9.58 Å². The molecule has 9 nitrogen and oxygen atoms in total. The number of thiophene rings is 1. The minimum Gasteiger partial charge on any atom is -0.380 e. The number of allylic oxidation sites excluding steroid dienone is 3. The number of fused-ring (bicyclic) bond motifs is 5. The second kappa shape index (κ2) is 12.8. The van der Waals surface area contributed by atoms with E-state index in [9.17, 15) is 0 Å². The Morgan fingerprint density at radius 2 is 2.07 bits per heavy atom. The summed E-state index contributed by atoms with van der Waals surface area (Å²) in [6, 6.07) is 6.00. The van der Waals surface area contributed by atoms with Gasteiger partial charge in [-0.05, 0) is 49.1 Å². The Kier molecular flexibility index (Phi) is 8.55. The van der Waals surface area contributed by atoms with Gasteiger partial charge in [-0.2, -0.15) is 5.10 Å². The number of hydrogen-bond donors (Lipinski definition) is 4. The van der Waals surface area contributed by atoms with Gasteiger partial charge >= 0.3 is 0 Å². The van der Waals surface area contributed by atoms with Gasteiger partial charge in [0.1, 0.15) is 17.0 Å². The van der Waals surface area contributed by atoms with E-state index in [0.29, 0.717) is 6.54 Å². The molecule has 1 aromatic carbocycles. The molecular weight excluding hydrogens is 542 g/mol. The average Bonchev–Trinajstić information content (AvgIpc) is 3.63. The second-order valence-corrected chi connectivity index (χ2v) is 11.6. The quantitative estimate of drug-likeness (QED) is 0.139. The van der Waals surface area contributed by atoms with E-state index in [-0.39, 0.29) is 0 Å². The molecule has 0 spiro atoms. The fourth-order valence-electron chi connectivity index (χ4n) is 5.59. The second-order valence-electron chi connectivity index (χ2n) is 10.6. The molecule has 1 fully saturated rings. The summed E-state index contributed by atoms with van der Waals surface area (Å²) >= 11 is 1.73. The summed E-state index contributed by atoms with van der Waals surface area (Å²) in [4.78, 5) is 14.0. The maximum atomic E-state index is 8.02. The van der Waals surface area contributed by atoms with Crippen molar-refractivity contribution in [3.05, 3.63) is 84.0 Å². The monoisotopic (exact) mass is 579 g/mol. The molecule has 0 unspecified atom stereocenters. The summed E-state index contributed by atoms with van der Waals surface area (Å²) in [5, 5.41) is 24.4. The van der Waals surface area contributed by atoms with Crippen LogP contribution >= 0.6 is 11.3 Å². The van der Waals surface area contributed by atoms with Gasteiger partial charge < -0.3 is 21.4 Å². The van der Waals surface area contributed by atoms with Gasteiger partial charge in [-0.25, -0.2) is 9.97 Å². The molecule has 0 atom stereocenters. The molecule has 3 aromatic heterocycles. The minimum absolute atomic E-state index is 0.628. The highest BCUT2D eigenvalue weighted by Crippen LogP contribution is 2.45. The average molecular weight is 580 g/mol. The molecule has 1 aliphatic heterocycles. The van der Waals surface area contributed by atoms with Crippen molar-refractivity contribution >= 4 is 45.0 Å². The van der Waals surface area contributed by atoms with Crippen LogP contribution in [-0.4, -0.2) is 70.1 Å². The summed E-state index contributed by atoms with van der Waals surface area (Å²) in [6.07, 6.45) is 14.9. The van der Waals surface area contributed by atoms with Crippen molar-refractivity contribution < 1.29 is 0 Å². The lowest BCUT2D eigenvalue weighted by molar-refractivity contribution is 0.229. The first-order chi connectivity index (χ1) is 20.7. The van der Waals surface area contributed by atoms with E-state index < -0.39 is 0 Å². The molecule has 0 bridgehead atoms. The van der Waals surface area contributed by atoms with E-state index in [1.54, 1.807) is 17.7 Å². The molecule has 0 amide bonds. The fourth-order valence-corrected chi connectivity index (χ4v) is 6.81. The van der Waals surface area contributed by atoms with Crippen molar-refractivity contribution in [1.82, 2.24) is 30.0 Å². The van der Waals surface area contributed by atoms with E-state index in [4.69, 9.17) is 10.5 Å². The van der Waals surface area contributed by atoms with Gasteiger partial charge in [0.05, 0.1) is 17.6 Å². The fraction of sp³-hybridized carbons (Fsp3) is 0.312. The summed E-state index contributed by atoms with van der Waals surface area (Å²) in [7, 11) is 0. The lowest BCUT2D eigenvalue weighted by Crippen LogP contribution is -2.44. The van der Waals surface area contributed by atoms with Gasteiger partial charge in [-0.1, -0.05) is 30.9 Å². The standard InChI is InChI=1S/C32H37N9S/c1-3-5-6-22(4-2)19-35-27-9-7-24(17-23(27)18-33)38-31-29-25-8-10-28-26(30(25)42-32(29)37-21-36-31)20-41(39-28)16-15-40-13-11-34-12-14-40/h3-7,9,17-18,20-21,33-35H,2,8,10-16,19H2,1H3,(H,36,37,38)/b5-3-,22-6+,33-18?. The SMILES string of the molecule is C=C/C(=C\C=C/C)CNc1ccc(Nc2ncnc3sc4c(c23)CCc2nn(CCN3CCNCC3)cc2-4)cc1C=N. The number of benzene rings is 1. The summed E-state index contributed by atoms with van der Waals surface area (Å²) in [5.41, 5.74) is 7.35. The van der Waals surface area contributed by atoms with Crippen LogP contribution in [0.25, 0.3) is 20.7 Å². The number of piperazine rings is 1. The van der Waals surface area contributed by atoms with E-state index in [2.05, 4.69) is 48.3 Å². The summed E-state index contributed by atoms with van der Waals surface area (Å²) in [5.74, 6) is 0.798. The molecule has 2 aliphatic rings. The number of aryl methyl sites for hydroxylation is 2. The molecule has 1 saturated heterocycles. The maximum absolute atomic E-state index is 8.02. The summed E-state index contributed by atoms with van der Waals surface area (Å²) in [6.45, 7) is 12.8. The molecule has 216 valence electrons. The zero-order valence-corrected chi connectivity index (χ0v) is 24.8. The number of anilines is 3. The molecule has 6 rings (SSSR count). The smallest absolute Gasteiger partial charge is 0.142 e. The van der Waals surface area contributed by atoms with Crippen molar-refractivity contribution in [1.29, 1.82) is 5.41 Å². The van der Waals surface area contributed by atoms with Crippen molar-refractivity contribution in [3.63, 3.8) is 0 Å². The minimum atomic E-state index is 0.628. The van der Waals surface area contributed by atoms with Crippen LogP contribution in [0.5, 0.6) is 0 Å². The van der Waals surface area contributed by atoms with Crippen molar-refractivity contribution in [2.75, 3.05) is 49.9 Å². The highest BCUT2D eigenvalue weighted by atomic mass is 32.1. The molecule has 4 aromatic rings. The van der Waals surface area contributed by atoms with Crippen molar-refractivity contribution in [2.45, 2.75) is 26.3 Å². The maximum Gasteiger partial charge on any atom is 0.142 e. The third-order valence-electron chi connectivity index (χ3n) is 7.85. The molecular formula is C32H37N9S. The van der Waals surface area contributed by atoms with E-state index in [1.165, 1.54) is 27.9 Å². The van der Waals surface area contributed by atoms with Gasteiger partial charge in [0.25, 0.3) is 0 Å². The third kappa shape index (κ3) is 5.92. The van der Waals surface area contributed by atoms with Crippen molar-refractivity contribution in [3.8, 4) is 10.4 Å². The highest BCUT2D eigenvalue weighted by Gasteiger charge is 2.26. The lowest BCUT2D eigenvalue weighted by atomic mass is 9.95. The molecule has 0 radical (unpaired) electrons. The molecule has 42 heavy (non-hydrogen) atoms. The van der Waals surface area contributed by atoms with Gasteiger partial charge in [0.15, 0.2) is 0 Å². The van der Waals surface area contributed by atoms with Gasteiger partial charge in [0, 0.05) is 79.1 Å². The van der Waals surface area contributed by atoms with Crippen molar-refractivity contribution in [2.24, 2.45) is 0 Å². The first-order valence-corrected chi connectivity index (χ1v) is 15.3. The van der Waals surface area contributed by atoms with E-state index in [1.807, 2.05) is 49.4 Å². The Balaban J connectivity index is 1.22. The first-order valence-electron chi connectivity index (χ1n) is 14.5. The number of hydrogen-bond acceptors (Lipinski definition) is 9. The van der Waals surface area contributed by atoms with Crippen LogP contribution in [0, 0.1) is 5.41 Å². The number of nitrogens with zero attached hydrogens (tertiary/aromatic N) is 5. The highest BCUT2D eigenvalue weighted by molar-refractivity contribution is 7.22. The number of nitrogens with one attached hydrogen (secondary N) is 4. The number of rotatable bonds is 11. The van der Waals surface area contributed by atoms with Crippen LogP contribution in [0.1, 0.15) is 23.7 Å². The Morgan fingerprint density at radius 1 is 1.19 bits per heavy atom. The van der Waals surface area contributed by atoms with Crippen LogP contribution in [-0.2, 0) is 19.4 Å². The molecule has 10 heteroatoms. The Morgan fingerprint density at radius 3 is 2.88 bits per heavy atom. The summed E-state index contributed by atoms with van der Waals surface area (Å²) < 4.78 is 2.12. The molecule has 4 N–H and O–H groups in total. The first kappa shape index (κ1) is 28.0. The zero-order valence-electron chi connectivity index (χ0n) is 24.0. The third-order valence-corrected chi connectivity index (χ3v) is 9.03. The zero-order chi connectivity index (χ0) is 28.9. The number of aromatic nitrogens is 4. The molecule has 4 heterocycles. The Labute approximate surface area is 250 Å². The largest absolute Gasteiger partial charge is 0.380 e. The Hall–Kier alpha value is -4.12. The van der Waals surface area contributed by atoms with Crippen LogP contribution < -0.4 is 16.0 Å². The topological polar surface area (TPSA) is 107 Å². The predicted molar refractivity (Wildman–Crippen MR) is 175 cm³/mol. The molecule has 0 saturated carbocycles. The van der Waals surface area contributed by atoms with Crippen LogP contribution in [0.4, 0.5) is 17.2 Å². The normalized spacial score (nSPS) is 15.5. The van der Waals surface area contributed by atoms with Crippen LogP contribution in [0.15, 0.2) is 67.2 Å². The van der Waals surface area contributed by atoms with Gasteiger partial charge in [0.2, 0.25) is 0 Å². The van der Waals surface area contributed by atoms with Gasteiger partial charge in [-0.15, -0.1) is 11.3 Å². The lowest BCUT2D eigenvalue weighted by Gasteiger charge is -2.26. The predicted octanol–water partition coefficient (Wildman–Crippen LogP) is 5.40. The molecule has 1 aliphatic carbocycles.